The minimum absolute atomic E-state index is 0.0296. The van der Waals surface area contributed by atoms with Crippen LogP contribution < -0.4 is 10.1 Å². The van der Waals surface area contributed by atoms with Gasteiger partial charge in [0.25, 0.3) is 5.91 Å². The smallest absolute Gasteiger partial charge is 0.251 e. The summed E-state index contributed by atoms with van der Waals surface area (Å²) in [6.45, 7) is 3.13. The van der Waals surface area contributed by atoms with Gasteiger partial charge in [0.2, 0.25) is 0 Å². The third-order valence-corrected chi connectivity index (χ3v) is 5.11. The van der Waals surface area contributed by atoms with Crippen LogP contribution in [0.5, 0.6) is 5.75 Å². The Hall–Kier alpha value is -2.14. The lowest BCUT2D eigenvalue weighted by atomic mass is 9.97. The summed E-state index contributed by atoms with van der Waals surface area (Å²) in [5.41, 5.74) is 3.07. The Kier molecular flexibility index (Phi) is 6.23. The van der Waals surface area contributed by atoms with Crippen LogP contribution in [0.4, 0.5) is 0 Å². The molecule has 2 aromatic rings. The van der Waals surface area contributed by atoms with Gasteiger partial charge in [-0.15, -0.1) is 11.3 Å². The lowest BCUT2D eigenvalue weighted by Crippen LogP contribution is -2.24. The topological polar surface area (TPSA) is 51.2 Å². The van der Waals surface area contributed by atoms with Crippen LogP contribution in [0.25, 0.3) is 0 Å². The molecule has 5 heteroatoms. The van der Waals surface area contributed by atoms with E-state index in [4.69, 9.17) is 4.74 Å². The van der Waals surface area contributed by atoms with Crippen LogP contribution in [0, 0.1) is 6.92 Å². The van der Waals surface area contributed by atoms with Crippen molar-refractivity contribution in [1.29, 1.82) is 0 Å². The Labute approximate surface area is 152 Å². The zero-order valence-electron chi connectivity index (χ0n) is 14.6. The van der Waals surface area contributed by atoms with E-state index in [1.165, 1.54) is 31.3 Å². The average molecular weight is 356 g/mol. The van der Waals surface area contributed by atoms with E-state index in [2.05, 4.69) is 16.4 Å². The minimum Gasteiger partial charge on any atom is -0.487 e. The van der Waals surface area contributed by atoms with Gasteiger partial charge in [-0.2, -0.15) is 0 Å². The predicted octanol–water partition coefficient (Wildman–Crippen LogP) is 4.65. The Bertz CT molecular complexity index is 734. The van der Waals surface area contributed by atoms with Gasteiger partial charge in [0.15, 0.2) is 0 Å². The minimum atomic E-state index is -0.0296. The maximum absolute atomic E-state index is 12.2. The Morgan fingerprint density at radius 3 is 2.80 bits per heavy atom. The molecule has 25 heavy (non-hydrogen) atoms. The fourth-order valence-corrected chi connectivity index (χ4v) is 3.50. The average Bonchev–Trinajstić information content (AvgIpc) is 3.06. The number of aromatic nitrogens is 1. The van der Waals surface area contributed by atoms with Gasteiger partial charge >= 0.3 is 0 Å². The monoisotopic (exact) mass is 356 g/mol. The summed E-state index contributed by atoms with van der Waals surface area (Å²) in [6.07, 6.45) is 8.23. The maximum Gasteiger partial charge on any atom is 0.251 e. The molecule has 0 aliphatic heterocycles. The van der Waals surface area contributed by atoms with Crippen molar-refractivity contribution in [3.8, 4) is 5.75 Å². The van der Waals surface area contributed by atoms with Gasteiger partial charge in [-0.05, 0) is 63.3 Å². The molecule has 0 spiro atoms. The van der Waals surface area contributed by atoms with Gasteiger partial charge in [-0.1, -0.05) is 11.6 Å². The van der Waals surface area contributed by atoms with Crippen LogP contribution >= 0.6 is 11.3 Å². The van der Waals surface area contributed by atoms with Crippen molar-refractivity contribution in [3.63, 3.8) is 0 Å². The summed E-state index contributed by atoms with van der Waals surface area (Å²) < 4.78 is 5.71. The summed E-state index contributed by atoms with van der Waals surface area (Å²) in [7, 11) is 0. The zero-order valence-corrected chi connectivity index (χ0v) is 15.4. The molecule has 1 aliphatic rings. The van der Waals surface area contributed by atoms with Crippen LogP contribution in [-0.2, 0) is 6.61 Å². The summed E-state index contributed by atoms with van der Waals surface area (Å²) in [5, 5.41) is 6.03. The predicted molar refractivity (Wildman–Crippen MR) is 101 cm³/mol. The summed E-state index contributed by atoms with van der Waals surface area (Å²) in [4.78, 5) is 16.6. The SMILES string of the molecule is Cc1nc(COc2ccc(C(=O)NCCC3=CCCCC3)cc2)cs1. The van der Waals surface area contributed by atoms with E-state index in [1.54, 1.807) is 23.5 Å². The van der Waals surface area contributed by atoms with Crippen molar-refractivity contribution in [1.82, 2.24) is 10.3 Å². The quantitative estimate of drug-likeness (QED) is 0.735. The van der Waals surface area contributed by atoms with E-state index >= 15 is 0 Å². The number of ether oxygens (including phenoxy) is 1. The highest BCUT2D eigenvalue weighted by Gasteiger charge is 2.08. The van der Waals surface area contributed by atoms with E-state index < -0.39 is 0 Å². The van der Waals surface area contributed by atoms with Crippen LogP contribution in [0.3, 0.4) is 0 Å². The molecule has 0 bridgehead atoms. The molecule has 1 heterocycles. The number of amides is 1. The second-order valence-corrected chi connectivity index (χ2v) is 7.35. The first-order valence-corrected chi connectivity index (χ1v) is 9.68. The molecule has 4 nitrogen and oxygen atoms in total. The fraction of sp³-hybridized carbons (Fsp3) is 0.400. The van der Waals surface area contributed by atoms with Crippen LogP contribution in [0.1, 0.15) is 53.2 Å². The van der Waals surface area contributed by atoms with Crippen molar-refractivity contribution in [2.24, 2.45) is 0 Å². The molecule has 1 N–H and O–H groups in total. The molecule has 0 unspecified atom stereocenters. The molecule has 0 fully saturated rings. The highest BCUT2D eigenvalue weighted by Crippen LogP contribution is 2.19. The molecule has 1 amide bonds. The zero-order chi connectivity index (χ0) is 17.5. The molecule has 0 atom stereocenters. The number of rotatable bonds is 7. The molecule has 3 rings (SSSR count). The number of hydrogen-bond acceptors (Lipinski definition) is 4. The van der Waals surface area contributed by atoms with Gasteiger partial charge in [0.1, 0.15) is 12.4 Å². The molecular formula is C20H24N2O2S. The summed E-state index contributed by atoms with van der Waals surface area (Å²) in [5.74, 6) is 0.715. The molecule has 0 radical (unpaired) electrons. The number of aryl methyl sites for hydroxylation is 1. The van der Waals surface area contributed by atoms with Crippen molar-refractivity contribution in [3.05, 3.63) is 57.6 Å². The summed E-state index contributed by atoms with van der Waals surface area (Å²) in [6, 6.07) is 7.27. The number of carbonyl (C=O) groups is 1. The number of allylic oxidation sites excluding steroid dienone is 1. The highest BCUT2D eigenvalue weighted by atomic mass is 32.1. The number of nitrogens with one attached hydrogen (secondary N) is 1. The maximum atomic E-state index is 12.2. The lowest BCUT2D eigenvalue weighted by Gasteiger charge is -2.13. The van der Waals surface area contributed by atoms with Gasteiger partial charge in [-0.25, -0.2) is 4.98 Å². The second kappa shape index (κ2) is 8.81. The summed E-state index contributed by atoms with van der Waals surface area (Å²) >= 11 is 1.62. The number of carbonyl (C=O) groups excluding carboxylic acids is 1. The van der Waals surface area contributed by atoms with Crippen molar-refractivity contribution < 1.29 is 9.53 Å². The van der Waals surface area contributed by atoms with Crippen LogP contribution in [0.15, 0.2) is 41.3 Å². The first-order chi connectivity index (χ1) is 12.2. The molecule has 1 aromatic carbocycles. The Morgan fingerprint density at radius 2 is 2.12 bits per heavy atom. The number of benzene rings is 1. The molecule has 1 aliphatic carbocycles. The largest absolute Gasteiger partial charge is 0.487 e. The third-order valence-electron chi connectivity index (χ3n) is 4.29. The van der Waals surface area contributed by atoms with Crippen LogP contribution in [-0.4, -0.2) is 17.4 Å². The molecule has 0 saturated heterocycles. The number of nitrogens with zero attached hydrogens (tertiary/aromatic N) is 1. The van der Waals surface area contributed by atoms with Crippen molar-refractivity contribution >= 4 is 17.2 Å². The normalized spacial score (nSPS) is 14.0. The van der Waals surface area contributed by atoms with Crippen molar-refractivity contribution in [2.45, 2.75) is 45.6 Å². The first kappa shape index (κ1) is 17.7. The number of thiazole rings is 1. The Balaban J connectivity index is 1.44. The van der Waals surface area contributed by atoms with E-state index in [0.717, 1.165) is 22.9 Å². The molecule has 0 saturated carbocycles. The van der Waals surface area contributed by atoms with Gasteiger partial charge in [0.05, 0.1) is 10.7 Å². The number of hydrogen-bond donors (Lipinski definition) is 1. The van der Waals surface area contributed by atoms with E-state index in [0.29, 0.717) is 18.7 Å². The van der Waals surface area contributed by atoms with E-state index in [1.807, 2.05) is 24.4 Å². The first-order valence-electron chi connectivity index (χ1n) is 8.81. The highest BCUT2D eigenvalue weighted by molar-refractivity contribution is 7.09. The van der Waals surface area contributed by atoms with E-state index in [9.17, 15) is 4.79 Å². The molecule has 132 valence electrons. The van der Waals surface area contributed by atoms with Gasteiger partial charge < -0.3 is 10.1 Å². The lowest BCUT2D eigenvalue weighted by molar-refractivity contribution is 0.0954. The molecular weight excluding hydrogens is 332 g/mol. The fourth-order valence-electron chi connectivity index (χ4n) is 2.90. The van der Waals surface area contributed by atoms with Gasteiger partial charge in [0, 0.05) is 17.5 Å². The molecule has 1 aromatic heterocycles. The second-order valence-electron chi connectivity index (χ2n) is 6.28. The standard InChI is InChI=1S/C20H24N2O2S/c1-15-22-18(14-25-15)13-24-19-9-7-17(8-10-19)20(23)21-12-11-16-5-3-2-4-6-16/h5,7-10,14H,2-4,6,11-13H2,1H3,(H,21,23). The van der Waals surface area contributed by atoms with Crippen molar-refractivity contribution in [2.75, 3.05) is 6.54 Å². The van der Waals surface area contributed by atoms with E-state index in [-0.39, 0.29) is 5.91 Å². The third kappa shape index (κ3) is 5.43. The van der Waals surface area contributed by atoms with Gasteiger partial charge in [-0.3, -0.25) is 4.79 Å². The van der Waals surface area contributed by atoms with Crippen LogP contribution in [0.2, 0.25) is 0 Å². The Morgan fingerprint density at radius 1 is 1.28 bits per heavy atom.